The quantitative estimate of drug-likeness (QED) is 0.737. The first-order chi connectivity index (χ1) is 6.52. The van der Waals surface area contributed by atoms with Gasteiger partial charge in [0.1, 0.15) is 6.54 Å². The lowest BCUT2D eigenvalue weighted by Gasteiger charge is -2.05. The molecule has 1 aromatic carbocycles. The first kappa shape index (κ1) is 10.4. The maximum absolute atomic E-state index is 12.8. The molecule has 76 valence electrons. The summed E-state index contributed by atoms with van der Waals surface area (Å²) < 4.78 is 37.8. The topological polar surface area (TPSA) is 49.3 Å². The number of hydrogen-bond acceptors (Lipinski definition) is 2. The van der Waals surface area contributed by atoms with Gasteiger partial charge < -0.3 is 10.4 Å². The third-order valence-corrected chi connectivity index (χ3v) is 1.47. The van der Waals surface area contributed by atoms with Crippen LogP contribution in [0.15, 0.2) is 12.1 Å². The van der Waals surface area contributed by atoms with Gasteiger partial charge in [0.25, 0.3) is 0 Å². The van der Waals surface area contributed by atoms with Gasteiger partial charge in [0.15, 0.2) is 17.5 Å². The molecule has 6 heteroatoms. The predicted molar refractivity (Wildman–Crippen MR) is 42.4 cm³/mol. The van der Waals surface area contributed by atoms with E-state index in [0.717, 1.165) is 6.07 Å². The summed E-state index contributed by atoms with van der Waals surface area (Å²) in [5.74, 6) is -5.59. The van der Waals surface area contributed by atoms with Crippen molar-refractivity contribution in [3.8, 4) is 0 Å². The molecule has 0 aliphatic heterocycles. The Morgan fingerprint density at radius 3 is 2.50 bits per heavy atom. The number of rotatable bonds is 3. The van der Waals surface area contributed by atoms with Gasteiger partial charge >= 0.3 is 5.97 Å². The van der Waals surface area contributed by atoms with E-state index in [2.05, 4.69) is 5.32 Å². The summed E-state index contributed by atoms with van der Waals surface area (Å²) in [7, 11) is 0. The van der Waals surface area contributed by atoms with E-state index in [0.29, 0.717) is 6.07 Å². The molecule has 0 saturated heterocycles. The van der Waals surface area contributed by atoms with Crippen molar-refractivity contribution in [1.29, 1.82) is 0 Å². The molecule has 14 heavy (non-hydrogen) atoms. The lowest BCUT2D eigenvalue weighted by molar-refractivity contribution is -0.134. The van der Waals surface area contributed by atoms with Gasteiger partial charge in [0.05, 0.1) is 5.69 Å². The lowest BCUT2D eigenvalue weighted by atomic mass is 10.3. The number of hydrogen-bond donors (Lipinski definition) is 2. The minimum absolute atomic E-state index is 0.383. The predicted octanol–water partition coefficient (Wildman–Crippen LogP) is 1.60. The van der Waals surface area contributed by atoms with Crippen molar-refractivity contribution in [1.82, 2.24) is 0 Å². The Labute approximate surface area is 77.2 Å². The Bertz CT molecular complexity index is 368. The number of aliphatic carboxylic acids is 1. The first-order valence-electron chi connectivity index (χ1n) is 3.61. The highest BCUT2D eigenvalue weighted by molar-refractivity contribution is 5.72. The number of anilines is 1. The molecule has 0 aromatic heterocycles. The van der Waals surface area contributed by atoms with Gasteiger partial charge in [0, 0.05) is 0 Å². The highest BCUT2D eigenvalue weighted by Gasteiger charge is 2.13. The molecule has 0 aliphatic carbocycles. The molecule has 1 rings (SSSR count). The highest BCUT2D eigenvalue weighted by atomic mass is 19.2. The zero-order valence-electron chi connectivity index (χ0n) is 6.85. The van der Waals surface area contributed by atoms with E-state index in [1.165, 1.54) is 0 Å². The van der Waals surface area contributed by atoms with E-state index in [9.17, 15) is 18.0 Å². The van der Waals surface area contributed by atoms with E-state index in [1.54, 1.807) is 0 Å². The number of carboxylic acid groups (broad SMARTS) is 1. The summed E-state index contributed by atoms with van der Waals surface area (Å²) in [5, 5.41) is 10.3. The molecule has 0 heterocycles. The van der Waals surface area contributed by atoms with E-state index in [-0.39, 0.29) is 5.69 Å². The van der Waals surface area contributed by atoms with Gasteiger partial charge in [-0.1, -0.05) is 0 Å². The number of nitrogens with one attached hydrogen (secondary N) is 1. The van der Waals surface area contributed by atoms with Crippen LogP contribution in [0.1, 0.15) is 0 Å². The summed E-state index contributed by atoms with van der Waals surface area (Å²) in [6.45, 7) is -0.567. The van der Waals surface area contributed by atoms with Crippen LogP contribution in [-0.4, -0.2) is 17.6 Å². The first-order valence-corrected chi connectivity index (χ1v) is 3.61. The van der Waals surface area contributed by atoms with Gasteiger partial charge in [-0.05, 0) is 12.1 Å². The van der Waals surface area contributed by atoms with Gasteiger partial charge in [-0.15, -0.1) is 0 Å². The molecular weight excluding hydrogens is 199 g/mol. The van der Waals surface area contributed by atoms with Crippen LogP contribution in [0, 0.1) is 17.5 Å². The van der Waals surface area contributed by atoms with Crippen molar-refractivity contribution in [2.24, 2.45) is 0 Å². The molecule has 2 N–H and O–H groups in total. The van der Waals surface area contributed by atoms with Gasteiger partial charge in [-0.2, -0.15) is 0 Å². The summed E-state index contributed by atoms with van der Waals surface area (Å²) in [6, 6.07) is 1.64. The monoisotopic (exact) mass is 205 g/mol. The minimum Gasteiger partial charge on any atom is -0.480 e. The standard InChI is InChI=1S/C8H6F3NO2/c9-4-1-2-5(8(11)7(4)10)12-3-6(13)14/h1-2,12H,3H2,(H,13,14). The third-order valence-electron chi connectivity index (χ3n) is 1.47. The van der Waals surface area contributed by atoms with Crippen LogP contribution in [0.25, 0.3) is 0 Å². The van der Waals surface area contributed by atoms with Crippen LogP contribution >= 0.6 is 0 Å². The molecule has 0 radical (unpaired) electrons. The third kappa shape index (κ3) is 2.15. The van der Waals surface area contributed by atoms with Crippen molar-refractivity contribution in [3.05, 3.63) is 29.6 Å². The molecule has 0 aliphatic rings. The number of carboxylic acids is 1. The van der Waals surface area contributed by atoms with Crippen LogP contribution in [0.4, 0.5) is 18.9 Å². The Hall–Kier alpha value is -1.72. The van der Waals surface area contributed by atoms with Crippen LogP contribution in [-0.2, 0) is 4.79 Å². The molecule has 0 unspecified atom stereocenters. The average Bonchev–Trinajstić information content (AvgIpc) is 2.13. The Morgan fingerprint density at radius 1 is 1.29 bits per heavy atom. The highest BCUT2D eigenvalue weighted by Crippen LogP contribution is 2.18. The van der Waals surface area contributed by atoms with Crippen LogP contribution in [0.5, 0.6) is 0 Å². The number of benzene rings is 1. The molecule has 0 fully saturated rings. The maximum atomic E-state index is 12.8. The molecule has 0 spiro atoms. The zero-order chi connectivity index (χ0) is 10.7. The van der Waals surface area contributed by atoms with Crippen LogP contribution in [0.2, 0.25) is 0 Å². The smallest absolute Gasteiger partial charge is 0.322 e. The zero-order valence-corrected chi connectivity index (χ0v) is 6.85. The number of halogens is 3. The molecule has 1 aromatic rings. The van der Waals surface area contributed by atoms with Crippen LogP contribution in [0.3, 0.4) is 0 Å². The second-order valence-corrected chi connectivity index (χ2v) is 2.47. The van der Waals surface area contributed by atoms with E-state index in [1.807, 2.05) is 0 Å². The van der Waals surface area contributed by atoms with Gasteiger partial charge in [-0.25, -0.2) is 13.2 Å². The second-order valence-electron chi connectivity index (χ2n) is 2.47. The maximum Gasteiger partial charge on any atom is 0.322 e. The average molecular weight is 205 g/mol. The summed E-state index contributed by atoms with van der Waals surface area (Å²) in [5.41, 5.74) is -0.383. The number of carbonyl (C=O) groups is 1. The van der Waals surface area contributed by atoms with E-state index < -0.39 is 30.0 Å². The fraction of sp³-hybridized carbons (Fsp3) is 0.125. The van der Waals surface area contributed by atoms with Gasteiger partial charge in [-0.3, -0.25) is 4.79 Å². The summed E-state index contributed by atoms with van der Waals surface area (Å²) in [6.07, 6.45) is 0. The fourth-order valence-corrected chi connectivity index (χ4v) is 0.833. The van der Waals surface area contributed by atoms with Crippen molar-refractivity contribution >= 4 is 11.7 Å². The minimum atomic E-state index is -1.62. The van der Waals surface area contributed by atoms with Crippen molar-refractivity contribution in [2.75, 3.05) is 11.9 Å². The van der Waals surface area contributed by atoms with Crippen molar-refractivity contribution in [2.45, 2.75) is 0 Å². The Kier molecular flexibility index (Phi) is 2.95. The second kappa shape index (κ2) is 3.99. The molecule has 3 nitrogen and oxygen atoms in total. The Morgan fingerprint density at radius 2 is 1.93 bits per heavy atom. The molecular formula is C8H6F3NO2. The Balaban J connectivity index is 2.88. The largest absolute Gasteiger partial charge is 0.480 e. The summed E-state index contributed by atoms with van der Waals surface area (Å²) in [4.78, 5) is 10.1. The van der Waals surface area contributed by atoms with E-state index in [4.69, 9.17) is 5.11 Å². The van der Waals surface area contributed by atoms with Crippen molar-refractivity contribution in [3.63, 3.8) is 0 Å². The molecule has 0 atom stereocenters. The summed E-state index contributed by atoms with van der Waals surface area (Å²) >= 11 is 0. The van der Waals surface area contributed by atoms with Gasteiger partial charge in [0.2, 0.25) is 0 Å². The lowest BCUT2D eigenvalue weighted by Crippen LogP contribution is -2.13. The molecule has 0 amide bonds. The molecule has 0 saturated carbocycles. The van der Waals surface area contributed by atoms with Crippen molar-refractivity contribution < 1.29 is 23.1 Å². The fourth-order valence-electron chi connectivity index (χ4n) is 0.833. The molecule has 0 bridgehead atoms. The SMILES string of the molecule is O=C(O)CNc1ccc(F)c(F)c1F. The van der Waals surface area contributed by atoms with E-state index >= 15 is 0 Å². The van der Waals surface area contributed by atoms with Crippen LogP contribution < -0.4 is 5.32 Å². The normalized spacial score (nSPS) is 9.93.